The van der Waals surface area contributed by atoms with Crippen molar-refractivity contribution in [3.8, 4) is 0 Å². The number of Topliss-reactive ketones (excluding diaryl/α,β-unsaturated/α-hetero) is 1. The van der Waals surface area contributed by atoms with E-state index in [1.54, 1.807) is 13.0 Å². The number of carbonyl (C=O) groups excluding carboxylic acids is 2. The van der Waals surface area contributed by atoms with Gasteiger partial charge in [0.25, 0.3) is 0 Å². The van der Waals surface area contributed by atoms with Crippen LogP contribution in [0.25, 0.3) is 0 Å². The highest BCUT2D eigenvalue weighted by Crippen LogP contribution is 2.28. The predicted octanol–water partition coefficient (Wildman–Crippen LogP) is 6.30. The first-order valence-electron chi connectivity index (χ1n) is 12.6. The first kappa shape index (κ1) is 26.4. The topological polar surface area (TPSA) is 80.7 Å². The molecule has 5 heteroatoms. The van der Waals surface area contributed by atoms with E-state index in [4.69, 9.17) is 4.74 Å². The summed E-state index contributed by atoms with van der Waals surface area (Å²) in [5, 5.41) is 9.93. The third-order valence-electron chi connectivity index (χ3n) is 6.99. The molecule has 1 N–H and O–H groups in total. The zero-order valence-corrected chi connectivity index (χ0v) is 20.8. The third-order valence-corrected chi connectivity index (χ3v) is 6.99. The highest BCUT2D eigenvalue weighted by molar-refractivity contribution is 5.98. The number of carbonyl (C=O) groups is 3. The molecule has 1 aliphatic rings. The summed E-state index contributed by atoms with van der Waals surface area (Å²) in [7, 11) is 1.35. The van der Waals surface area contributed by atoms with Gasteiger partial charge in [0, 0.05) is 12.0 Å². The quantitative estimate of drug-likeness (QED) is 0.221. The molecular weight excluding hydrogens is 440 g/mol. The lowest BCUT2D eigenvalue weighted by Crippen LogP contribution is -2.19. The molecule has 2 atom stereocenters. The summed E-state index contributed by atoms with van der Waals surface area (Å²) < 4.78 is 4.88. The Kier molecular flexibility index (Phi) is 9.83. The molecule has 0 fully saturated rings. The summed E-state index contributed by atoms with van der Waals surface area (Å²) in [5.74, 6) is -2.33. The Morgan fingerprint density at radius 2 is 1.80 bits per heavy atom. The first-order chi connectivity index (χ1) is 16.9. The van der Waals surface area contributed by atoms with Gasteiger partial charge in [0.05, 0.1) is 18.9 Å². The van der Waals surface area contributed by atoms with Crippen LogP contribution in [-0.2, 0) is 27.2 Å². The van der Waals surface area contributed by atoms with E-state index < -0.39 is 17.8 Å². The van der Waals surface area contributed by atoms with E-state index in [2.05, 4.69) is 6.08 Å². The van der Waals surface area contributed by atoms with Gasteiger partial charge < -0.3 is 9.84 Å². The lowest BCUT2D eigenvalue weighted by molar-refractivity contribution is -0.142. The second-order valence-corrected chi connectivity index (χ2v) is 9.46. The molecule has 0 saturated carbocycles. The molecule has 0 radical (unpaired) electrons. The molecule has 2 unspecified atom stereocenters. The Balaban J connectivity index is 1.82. The van der Waals surface area contributed by atoms with Crippen molar-refractivity contribution in [2.75, 3.05) is 7.11 Å². The van der Waals surface area contributed by atoms with Crippen LogP contribution in [0.15, 0.2) is 60.2 Å². The zero-order chi connectivity index (χ0) is 25.2. The summed E-state index contributed by atoms with van der Waals surface area (Å²) in [4.78, 5) is 37.5. The number of ether oxygens (including phenoxy) is 1. The average Bonchev–Trinajstić information content (AvgIpc) is 2.89. The molecule has 2 aromatic carbocycles. The van der Waals surface area contributed by atoms with Crippen molar-refractivity contribution in [1.82, 2.24) is 0 Å². The highest BCUT2D eigenvalue weighted by atomic mass is 16.5. The molecule has 0 aliphatic heterocycles. The number of rotatable bonds is 12. The molecule has 1 aliphatic carbocycles. The molecule has 0 saturated heterocycles. The molecule has 2 aromatic rings. The fourth-order valence-electron chi connectivity index (χ4n) is 4.72. The molecule has 0 spiro atoms. The minimum absolute atomic E-state index is 0.0399. The largest absolute Gasteiger partial charge is 0.481 e. The fourth-order valence-corrected chi connectivity index (χ4v) is 4.72. The Labute approximate surface area is 208 Å². The van der Waals surface area contributed by atoms with Crippen LogP contribution < -0.4 is 0 Å². The maximum Gasteiger partial charge on any atom is 0.312 e. The number of carboxylic acid groups (broad SMARTS) is 1. The molecule has 3 rings (SSSR count). The number of hydrogen-bond acceptors (Lipinski definition) is 4. The second-order valence-electron chi connectivity index (χ2n) is 9.46. The molecule has 186 valence electrons. The monoisotopic (exact) mass is 476 g/mol. The van der Waals surface area contributed by atoms with E-state index in [1.165, 1.54) is 25.5 Å². The molecule has 0 amide bonds. The lowest BCUT2D eigenvalue weighted by Gasteiger charge is -2.19. The summed E-state index contributed by atoms with van der Waals surface area (Å²) in [6.45, 7) is 1.75. The number of allylic oxidation sites excluding steroid dienone is 2. The highest BCUT2D eigenvalue weighted by Gasteiger charge is 2.24. The lowest BCUT2D eigenvalue weighted by atomic mass is 9.85. The maximum atomic E-state index is 13.3. The van der Waals surface area contributed by atoms with Crippen molar-refractivity contribution in [2.45, 2.75) is 70.6 Å². The zero-order valence-electron chi connectivity index (χ0n) is 20.8. The summed E-state index contributed by atoms with van der Waals surface area (Å²) in [6, 6.07) is 15.2. The Hall–Kier alpha value is -3.21. The van der Waals surface area contributed by atoms with Crippen LogP contribution >= 0.6 is 0 Å². The summed E-state index contributed by atoms with van der Waals surface area (Å²) >= 11 is 0. The number of aliphatic carboxylic acids is 1. The minimum atomic E-state index is -0.837. The van der Waals surface area contributed by atoms with Gasteiger partial charge in [-0.3, -0.25) is 14.4 Å². The van der Waals surface area contributed by atoms with Gasteiger partial charge in [-0.15, -0.1) is 0 Å². The number of esters is 1. The van der Waals surface area contributed by atoms with Crippen molar-refractivity contribution >= 4 is 17.7 Å². The van der Waals surface area contributed by atoms with Crippen LogP contribution in [0.3, 0.4) is 0 Å². The fraction of sp³-hybridized carbons (Fsp3) is 0.433. The van der Waals surface area contributed by atoms with Gasteiger partial charge in [-0.25, -0.2) is 0 Å². The number of methoxy groups -OCH3 is 1. The second kappa shape index (κ2) is 13.0. The van der Waals surface area contributed by atoms with Crippen molar-refractivity contribution in [1.29, 1.82) is 0 Å². The molecule has 0 aromatic heterocycles. The van der Waals surface area contributed by atoms with Crippen molar-refractivity contribution in [2.24, 2.45) is 5.92 Å². The average molecular weight is 477 g/mol. The van der Waals surface area contributed by atoms with Crippen molar-refractivity contribution < 1.29 is 24.2 Å². The van der Waals surface area contributed by atoms with E-state index in [9.17, 15) is 19.5 Å². The summed E-state index contributed by atoms with van der Waals surface area (Å²) in [6.07, 6.45) is 9.31. The van der Waals surface area contributed by atoms with Gasteiger partial charge in [-0.2, -0.15) is 0 Å². The van der Waals surface area contributed by atoms with Crippen LogP contribution in [0, 0.1) is 5.92 Å². The number of ketones is 1. The predicted molar refractivity (Wildman–Crippen MR) is 137 cm³/mol. The minimum Gasteiger partial charge on any atom is -0.481 e. The summed E-state index contributed by atoms with van der Waals surface area (Å²) in [5.41, 5.74) is 4.36. The van der Waals surface area contributed by atoms with Gasteiger partial charge in [-0.05, 0) is 81.0 Å². The van der Waals surface area contributed by atoms with Crippen LogP contribution in [-0.4, -0.2) is 29.9 Å². The smallest absolute Gasteiger partial charge is 0.312 e. The van der Waals surface area contributed by atoms with Gasteiger partial charge in [-0.1, -0.05) is 54.1 Å². The molecule has 0 bridgehead atoms. The van der Waals surface area contributed by atoms with Crippen LogP contribution in [0.1, 0.15) is 84.8 Å². The third kappa shape index (κ3) is 7.64. The maximum absolute atomic E-state index is 13.3. The van der Waals surface area contributed by atoms with E-state index in [0.717, 1.165) is 30.4 Å². The van der Waals surface area contributed by atoms with E-state index >= 15 is 0 Å². The van der Waals surface area contributed by atoms with Crippen molar-refractivity contribution in [3.05, 3.63) is 82.4 Å². The number of carboxylic acids is 1. The molecule has 5 nitrogen and oxygen atoms in total. The number of aryl methyl sites for hydroxylation is 1. The molecule has 35 heavy (non-hydrogen) atoms. The van der Waals surface area contributed by atoms with E-state index in [-0.39, 0.29) is 11.8 Å². The molecule has 0 heterocycles. The Morgan fingerprint density at radius 1 is 1.03 bits per heavy atom. The van der Waals surface area contributed by atoms with Crippen LogP contribution in [0.5, 0.6) is 0 Å². The van der Waals surface area contributed by atoms with Crippen LogP contribution in [0.4, 0.5) is 0 Å². The van der Waals surface area contributed by atoms with Gasteiger partial charge in [0.1, 0.15) is 0 Å². The van der Waals surface area contributed by atoms with Gasteiger partial charge in [0.15, 0.2) is 5.78 Å². The standard InChI is InChI=1S/C30H36O5/c1-21(30(34)35-2)24-16-17-25(19-26(29(32)33)15-13-22-9-5-3-6-10-22)27(20-24)28(31)18-14-23-11-7-4-8-12-23/h4,7-9,11-12,16-17,20-21,26H,3,5-6,10,13-15,18-19H2,1-2H3,(H,32,33). The molecular formula is C30H36O5. The van der Waals surface area contributed by atoms with Crippen LogP contribution in [0.2, 0.25) is 0 Å². The van der Waals surface area contributed by atoms with Gasteiger partial charge >= 0.3 is 11.9 Å². The van der Waals surface area contributed by atoms with E-state index in [1.807, 2.05) is 42.5 Å². The van der Waals surface area contributed by atoms with Crippen molar-refractivity contribution in [3.63, 3.8) is 0 Å². The van der Waals surface area contributed by atoms with E-state index in [0.29, 0.717) is 36.8 Å². The first-order valence-corrected chi connectivity index (χ1v) is 12.6. The Bertz CT molecular complexity index is 1050. The Morgan fingerprint density at radius 3 is 2.46 bits per heavy atom. The number of hydrogen-bond donors (Lipinski definition) is 1. The number of benzene rings is 2. The SMILES string of the molecule is COC(=O)C(C)c1ccc(CC(CCC2=CCCCC2)C(=O)O)c(C(=O)CCc2ccccc2)c1. The normalized spacial score (nSPS) is 15.1. The van der Waals surface area contributed by atoms with Gasteiger partial charge in [0.2, 0.25) is 0 Å².